The normalized spacial score (nSPS) is 11.0. The first-order valence-electron chi connectivity index (χ1n) is 8.73. The summed E-state index contributed by atoms with van der Waals surface area (Å²) in [6.07, 6.45) is 3.25. The fourth-order valence-electron chi connectivity index (χ4n) is 2.72. The van der Waals surface area contributed by atoms with Gasteiger partial charge in [-0.1, -0.05) is 0 Å². The summed E-state index contributed by atoms with van der Waals surface area (Å²) in [6, 6.07) is 3.63. The van der Waals surface area contributed by atoms with Gasteiger partial charge in [-0.05, 0) is 31.5 Å². The molecule has 3 aromatic rings. The van der Waals surface area contributed by atoms with Crippen molar-refractivity contribution < 1.29 is 14.3 Å². The molecule has 0 unspecified atom stereocenters. The molecule has 0 fully saturated rings. The number of anilines is 1. The van der Waals surface area contributed by atoms with Crippen molar-refractivity contribution in [2.75, 3.05) is 25.1 Å². The predicted octanol–water partition coefficient (Wildman–Crippen LogP) is 1.52. The number of esters is 1. The van der Waals surface area contributed by atoms with Crippen LogP contribution in [0.5, 0.6) is 0 Å². The molecule has 0 spiro atoms. The lowest BCUT2D eigenvalue weighted by Crippen LogP contribution is -2.17. The monoisotopic (exact) mass is 370 g/mol. The van der Waals surface area contributed by atoms with Gasteiger partial charge in [0.25, 0.3) is 0 Å². The Bertz CT molecular complexity index is 990. The minimum Gasteiger partial charge on any atom is -0.462 e. The van der Waals surface area contributed by atoms with Gasteiger partial charge in [0.05, 0.1) is 12.8 Å². The molecule has 0 aliphatic rings. The lowest BCUT2D eigenvalue weighted by Gasteiger charge is -2.09. The highest BCUT2D eigenvalue weighted by molar-refractivity contribution is 6.05. The summed E-state index contributed by atoms with van der Waals surface area (Å²) in [5.74, 6) is -0.140. The van der Waals surface area contributed by atoms with E-state index >= 15 is 0 Å². The van der Waals surface area contributed by atoms with Gasteiger partial charge in [0.15, 0.2) is 11.4 Å². The molecule has 3 heterocycles. The molecule has 3 rings (SSSR count). The lowest BCUT2D eigenvalue weighted by atomic mass is 10.1. The largest absolute Gasteiger partial charge is 0.462 e. The highest BCUT2D eigenvalue weighted by Crippen LogP contribution is 2.16. The number of hydrogen-bond donors (Lipinski definition) is 0. The average Bonchev–Trinajstić information content (AvgIpc) is 3.24. The summed E-state index contributed by atoms with van der Waals surface area (Å²) >= 11 is 0. The first kappa shape index (κ1) is 18.6. The minimum atomic E-state index is -0.547. The molecule has 3 aromatic heterocycles. The Labute approximate surface area is 156 Å². The van der Waals surface area contributed by atoms with Crippen molar-refractivity contribution in [3.63, 3.8) is 0 Å². The van der Waals surface area contributed by atoms with Gasteiger partial charge in [-0.25, -0.2) is 9.31 Å². The van der Waals surface area contributed by atoms with Crippen LogP contribution in [0.1, 0.15) is 40.3 Å². The van der Waals surface area contributed by atoms with E-state index in [9.17, 15) is 9.59 Å². The SMILES string of the molecule is CCOC(=O)c1cnn(C)c1C(=O)Cc1ccn2nc(N(C)CC)nc2c1. The summed E-state index contributed by atoms with van der Waals surface area (Å²) < 4.78 is 8.08. The van der Waals surface area contributed by atoms with Crippen LogP contribution in [0, 0.1) is 0 Å². The second kappa shape index (κ2) is 7.56. The maximum absolute atomic E-state index is 12.8. The van der Waals surface area contributed by atoms with Gasteiger partial charge in [-0.2, -0.15) is 10.1 Å². The van der Waals surface area contributed by atoms with E-state index in [4.69, 9.17) is 4.74 Å². The van der Waals surface area contributed by atoms with Crippen LogP contribution in [-0.4, -0.2) is 56.3 Å². The fraction of sp³-hybridized carbons (Fsp3) is 0.389. The molecule has 0 aliphatic carbocycles. The Kier molecular flexibility index (Phi) is 5.20. The number of hydrogen-bond acceptors (Lipinski definition) is 7. The molecule has 0 bridgehead atoms. The van der Waals surface area contributed by atoms with E-state index in [-0.39, 0.29) is 30.1 Å². The second-order valence-electron chi connectivity index (χ2n) is 6.11. The number of rotatable bonds is 7. The lowest BCUT2D eigenvalue weighted by molar-refractivity contribution is 0.0522. The van der Waals surface area contributed by atoms with Crippen molar-refractivity contribution in [3.05, 3.63) is 41.3 Å². The summed E-state index contributed by atoms with van der Waals surface area (Å²) in [4.78, 5) is 31.3. The van der Waals surface area contributed by atoms with E-state index in [0.717, 1.165) is 12.1 Å². The zero-order chi connectivity index (χ0) is 19.6. The van der Waals surface area contributed by atoms with E-state index < -0.39 is 5.97 Å². The van der Waals surface area contributed by atoms with Crippen LogP contribution in [0.3, 0.4) is 0 Å². The van der Waals surface area contributed by atoms with Gasteiger partial charge >= 0.3 is 5.97 Å². The molecule has 0 amide bonds. The Morgan fingerprint density at radius 2 is 2.07 bits per heavy atom. The molecule has 142 valence electrons. The van der Waals surface area contributed by atoms with E-state index in [1.807, 2.05) is 31.0 Å². The summed E-state index contributed by atoms with van der Waals surface area (Å²) in [5, 5.41) is 8.42. The van der Waals surface area contributed by atoms with Crippen LogP contribution in [-0.2, 0) is 18.2 Å². The van der Waals surface area contributed by atoms with Crippen LogP contribution >= 0.6 is 0 Å². The predicted molar refractivity (Wildman–Crippen MR) is 99.1 cm³/mol. The molecule has 9 nitrogen and oxygen atoms in total. The Hall–Kier alpha value is -3.23. The smallest absolute Gasteiger partial charge is 0.342 e. The van der Waals surface area contributed by atoms with Gasteiger partial charge in [-0.15, -0.1) is 5.10 Å². The molecule has 0 N–H and O–H groups in total. The number of Topliss-reactive ketones (excluding diaryl/α,β-unsaturated/α-hetero) is 1. The number of carbonyl (C=O) groups excluding carboxylic acids is 2. The number of nitrogens with zero attached hydrogens (tertiary/aromatic N) is 6. The van der Waals surface area contributed by atoms with Crippen molar-refractivity contribution in [1.82, 2.24) is 24.4 Å². The molecule has 0 saturated carbocycles. The molecule has 27 heavy (non-hydrogen) atoms. The van der Waals surface area contributed by atoms with Crippen LogP contribution < -0.4 is 4.90 Å². The fourth-order valence-corrected chi connectivity index (χ4v) is 2.72. The first-order chi connectivity index (χ1) is 12.9. The topological polar surface area (TPSA) is 94.6 Å². The average molecular weight is 370 g/mol. The Balaban J connectivity index is 1.86. The maximum atomic E-state index is 12.8. The third-order valence-electron chi connectivity index (χ3n) is 4.27. The molecule has 0 radical (unpaired) electrons. The van der Waals surface area contributed by atoms with Gasteiger partial charge in [0.1, 0.15) is 11.3 Å². The molecular weight excluding hydrogens is 348 g/mol. The van der Waals surface area contributed by atoms with Crippen LogP contribution in [0.4, 0.5) is 5.95 Å². The van der Waals surface area contributed by atoms with Crippen LogP contribution in [0.15, 0.2) is 24.5 Å². The number of aromatic nitrogens is 5. The first-order valence-corrected chi connectivity index (χ1v) is 8.73. The zero-order valence-electron chi connectivity index (χ0n) is 15.8. The van der Waals surface area contributed by atoms with Crippen molar-refractivity contribution >= 4 is 23.3 Å². The van der Waals surface area contributed by atoms with Gasteiger partial charge < -0.3 is 9.64 Å². The standard InChI is InChI=1S/C18H22N6O3/c1-5-22(3)18-20-15-10-12(7-8-24(15)21-18)9-14(25)16-13(11-19-23(16)4)17(26)27-6-2/h7-8,10-11H,5-6,9H2,1-4H3. The Morgan fingerprint density at radius 3 is 2.78 bits per heavy atom. The maximum Gasteiger partial charge on any atom is 0.342 e. The quantitative estimate of drug-likeness (QED) is 0.460. The molecular formula is C18H22N6O3. The van der Waals surface area contributed by atoms with Gasteiger partial charge in [-0.3, -0.25) is 9.48 Å². The summed E-state index contributed by atoms with van der Waals surface area (Å²) in [7, 11) is 3.54. The molecule has 0 aromatic carbocycles. The zero-order valence-corrected chi connectivity index (χ0v) is 15.8. The highest BCUT2D eigenvalue weighted by atomic mass is 16.5. The minimum absolute atomic E-state index is 0.119. The number of ether oxygens (including phenoxy) is 1. The van der Waals surface area contributed by atoms with Crippen molar-refractivity contribution in [2.45, 2.75) is 20.3 Å². The number of aryl methyl sites for hydroxylation is 1. The summed E-state index contributed by atoms with van der Waals surface area (Å²) in [5.41, 5.74) is 1.86. The van der Waals surface area contributed by atoms with Gasteiger partial charge in [0, 0.05) is 33.3 Å². The third kappa shape index (κ3) is 3.67. The molecule has 0 aliphatic heterocycles. The van der Waals surface area contributed by atoms with Crippen molar-refractivity contribution in [2.24, 2.45) is 7.05 Å². The number of carbonyl (C=O) groups is 2. The molecule has 0 saturated heterocycles. The molecule has 9 heteroatoms. The van der Waals surface area contributed by atoms with Crippen LogP contribution in [0.25, 0.3) is 5.65 Å². The second-order valence-corrected chi connectivity index (χ2v) is 6.11. The van der Waals surface area contributed by atoms with Gasteiger partial charge in [0.2, 0.25) is 5.95 Å². The van der Waals surface area contributed by atoms with Crippen LogP contribution in [0.2, 0.25) is 0 Å². The molecule has 0 atom stereocenters. The van der Waals surface area contributed by atoms with E-state index in [2.05, 4.69) is 15.2 Å². The number of fused-ring (bicyclic) bond motifs is 1. The third-order valence-corrected chi connectivity index (χ3v) is 4.27. The van der Waals surface area contributed by atoms with Crippen molar-refractivity contribution in [1.29, 1.82) is 0 Å². The summed E-state index contributed by atoms with van der Waals surface area (Å²) in [6.45, 7) is 4.76. The van der Waals surface area contributed by atoms with E-state index in [1.54, 1.807) is 24.7 Å². The van der Waals surface area contributed by atoms with E-state index in [0.29, 0.717) is 11.6 Å². The Morgan fingerprint density at radius 1 is 1.30 bits per heavy atom. The number of ketones is 1. The highest BCUT2D eigenvalue weighted by Gasteiger charge is 2.23. The van der Waals surface area contributed by atoms with E-state index in [1.165, 1.54) is 10.9 Å². The van der Waals surface area contributed by atoms with Crippen molar-refractivity contribution in [3.8, 4) is 0 Å². The number of pyridine rings is 1.